The van der Waals surface area contributed by atoms with Crippen LogP contribution in [0.5, 0.6) is 0 Å². The van der Waals surface area contributed by atoms with Crippen molar-refractivity contribution in [3.63, 3.8) is 0 Å². The predicted molar refractivity (Wildman–Crippen MR) is 75.7 cm³/mol. The molecule has 0 fully saturated rings. The number of nitrogens with one attached hydrogen (secondary N) is 1. The number of hydrogen-bond donors (Lipinski definition) is 2. The summed E-state index contributed by atoms with van der Waals surface area (Å²) in [4.78, 5) is 14.4. The first-order valence-electron chi connectivity index (χ1n) is 5.76. The van der Waals surface area contributed by atoms with E-state index >= 15 is 0 Å². The first-order chi connectivity index (χ1) is 9.15. The van der Waals surface area contributed by atoms with Crippen molar-refractivity contribution in [3.05, 3.63) is 59.1 Å². The number of rotatable bonds is 2. The summed E-state index contributed by atoms with van der Waals surface area (Å²) < 4.78 is 0. The van der Waals surface area contributed by atoms with E-state index in [9.17, 15) is 4.79 Å². The minimum Gasteiger partial charge on any atom is -0.478 e. The second-order valence-corrected chi connectivity index (χ2v) is 4.70. The number of carboxylic acids is 1. The van der Waals surface area contributed by atoms with Crippen molar-refractivity contribution in [2.24, 2.45) is 0 Å². The van der Waals surface area contributed by atoms with E-state index in [0.717, 1.165) is 16.8 Å². The van der Waals surface area contributed by atoms with Crippen molar-refractivity contribution < 1.29 is 9.90 Å². The summed E-state index contributed by atoms with van der Waals surface area (Å²) in [7, 11) is 0. The molecule has 0 bridgehead atoms. The highest BCUT2D eigenvalue weighted by Gasteiger charge is 2.11. The third kappa shape index (κ3) is 2.09. The lowest BCUT2D eigenvalue weighted by Crippen LogP contribution is -1.95. The van der Waals surface area contributed by atoms with E-state index < -0.39 is 5.97 Å². The van der Waals surface area contributed by atoms with Crippen LogP contribution in [0.2, 0.25) is 5.02 Å². The van der Waals surface area contributed by atoms with Crippen molar-refractivity contribution in [2.75, 3.05) is 0 Å². The third-order valence-corrected chi connectivity index (χ3v) is 3.30. The molecule has 0 aliphatic carbocycles. The molecule has 0 aliphatic rings. The van der Waals surface area contributed by atoms with Crippen molar-refractivity contribution in [3.8, 4) is 11.3 Å². The quantitative estimate of drug-likeness (QED) is 0.734. The molecule has 1 heterocycles. The van der Waals surface area contributed by atoms with Gasteiger partial charge in [-0.1, -0.05) is 29.8 Å². The van der Waals surface area contributed by atoms with Gasteiger partial charge in [0.15, 0.2) is 0 Å². The average molecular weight is 272 g/mol. The van der Waals surface area contributed by atoms with Gasteiger partial charge in [-0.2, -0.15) is 0 Å². The second-order valence-electron chi connectivity index (χ2n) is 4.26. The highest BCUT2D eigenvalue weighted by Crippen LogP contribution is 2.27. The Morgan fingerprint density at radius 2 is 1.84 bits per heavy atom. The predicted octanol–water partition coefficient (Wildman–Crippen LogP) is 4.19. The fourth-order valence-corrected chi connectivity index (χ4v) is 2.25. The van der Waals surface area contributed by atoms with Crippen LogP contribution in [0.15, 0.2) is 48.5 Å². The Kier molecular flexibility index (Phi) is 2.76. The molecule has 0 saturated carbocycles. The smallest absolute Gasteiger partial charge is 0.336 e. The Morgan fingerprint density at radius 1 is 1.11 bits per heavy atom. The molecule has 0 aliphatic heterocycles. The van der Waals surface area contributed by atoms with Crippen molar-refractivity contribution in [2.45, 2.75) is 0 Å². The zero-order valence-corrected chi connectivity index (χ0v) is 10.6. The Morgan fingerprint density at radius 3 is 2.53 bits per heavy atom. The lowest BCUT2D eigenvalue weighted by atomic mass is 10.1. The number of halogens is 1. The number of aromatic amines is 1. The summed E-state index contributed by atoms with van der Waals surface area (Å²) in [6.07, 6.45) is 0. The van der Waals surface area contributed by atoms with E-state index in [1.54, 1.807) is 24.3 Å². The number of carbonyl (C=O) groups is 1. The van der Waals surface area contributed by atoms with Crippen LogP contribution in [0.1, 0.15) is 10.4 Å². The molecule has 19 heavy (non-hydrogen) atoms. The molecule has 3 rings (SSSR count). The van der Waals surface area contributed by atoms with Gasteiger partial charge in [0, 0.05) is 21.6 Å². The van der Waals surface area contributed by atoms with Crippen LogP contribution < -0.4 is 0 Å². The third-order valence-electron chi connectivity index (χ3n) is 3.05. The minimum atomic E-state index is -0.924. The van der Waals surface area contributed by atoms with Gasteiger partial charge in [-0.3, -0.25) is 0 Å². The van der Waals surface area contributed by atoms with Gasteiger partial charge in [-0.15, -0.1) is 0 Å². The SMILES string of the molecule is O=C(O)c1cccc2[nH]c(-c3ccc(Cl)cc3)cc12. The maximum Gasteiger partial charge on any atom is 0.336 e. The van der Waals surface area contributed by atoms with E-state index in [0.29, 0.717) is 16.0 Å². The number of H-pyrrole nitrogens is 1. The molecule has 3 aromatic rings. The van der Waals surface area contributed by atoms with Gasteiger partial charge in [-0.25, -0.2) is 4.79 Å². The van der Waals surface area contributed by atoms with Gasteiger partial charge >= 0.3 is 5.97 Å². The molecule has 0 spiro atoms. The van der Waals surface area contributed by atoms with Gasteiger partial charge < -0.3 is 10.1 Å². The van der Waals surface area contributed by atoms with Crippen LogP contribution in [0, 0.1) is 0 Å². The van der Waals surface area contributed by atoms with E-state index in [1.165, 1.54) is 0 Å². The molecule has 0 saturated heterocycles. The summed E-state index contributed by atoms with van der Waals surface area (Å²) >= 11 is 5.86. The zero-order chi connectivity index (χ0) is 13.4. The summed E-state index contributed by atoms with van der Waals surface area (Å²) in [5.41, 5.74) is 2.95. The summed E-state index contributed by atoms with van der Waals surface area (Å²) in [5, 5.41) is 10.5. The number of aromatic nitrogens is 1. The van der Waals surface area contributed by atoms with Crippen LogP contribution in [0.25, 0.3) is 22.2 Å². The monoisotopic (exact) mass is 271 g/mol. The van der Waals surface area contributed by atoms with Crippen LogP contribution in [0.4, 0.5) is 0 Å². The van der Waals surface area contributed by atoms with Crippen LogP contribution in [0.3, 0.4) is 0 Å². The van der Waals surface area contributed by atoms with Gasteiger partial charge in [0.1, 0.15) is 0 Å². The standard InChI is InChI=1S/C15H10ClNO2/c16-10-6-4-9(5-7-10)14-8-12-11(15(18)19)2-1-3-13(12)17-14/h1-8,17H,(H,18,19). The lowest BCUT2D eigenvalue weighted by molar-refractivity contribution is 0.0699. The molecule has 0 amide bonds. The van der Waals surface area contributed by atoms with Crippen molar-refractivity contribution in [1.82, 2.24) is 4.98 Å². The summed E-state index contributed by atoms with van der Waals surface area (Å²) in [5.74, 6) is -0.924. The molecule has 4 heteroatoms. The van der Waals surface area contributed by atoms with Crippen LogP contribution in [-0.4, -0.2) is 16.1 Å². The molecule has 3 nitrogen and oxygen atoms in total. The first-order valence-corrected chi connectivity index (χ1v) is 6.14. The molecule has 2 aromatic carbocycles. The normalized spacial score (nSPS) is 10.8. The topological polar surface area (TPSA) is 53.1 Å². The number of fused-ring (bicyclic) bond motifs is 1. The number of hydrogen-bond acceptors (Lipinski definition) is 1. The maximum absolute atomic E-state index is 11.2. The highest BCUT2D eigenvalue weighted by atomic mass is 35.5. The molecule has 1 aromatic heterocycles. The Hall–Kier alpha value is -2.26. The van der Waals surface area contributed by atoms with Crippen LogP contribution in [-0.2, 0) is 0 Å². The molecule has 0 unspecified atom stereocenters. The van der Waals surface area contributed by atoms with Gasteiger partial charge in [0.25, 0.3) is 0 Å². The van der Waals surface area contributed by atoms with Crippen molar-refractivity contribution >= 4 is 28.5 Å². The molecule has 2 N–H and O–H groups in total. The van der Waals surface area contributed by atoms with E-state index in [4.69, 9.17) is 16.7 Å². The van der Waals surface area contributed by atoms with Gasteiger partial charge in [0.2, 0.25) is 0 Å². The Balaban J connectivity index is 2.19. The Bertz CT molecular complexity index is 759. The molecular weight excluding hydrogens is 262 g/mol. The summed E-state index contributed by atoms with van der Waals surface area (Å²) in [6.45, 7) is 0. The zero-order valence-electron chi connectivity index (χ0n) is 9.85. The van der Waals surface area contributed by atoms with Crippen molar-refractivity contribution in [1.29, 1.82) is 0 Å². The number of aromatic carboxylic acids is 1. The Labute approximate surface area is 114 Å². The minimum absolute atomic E-state index is 0.300. The molecule has 0 atom stereocenters. The number of benzene rings is 2. The lowest BCUT2D eigenvalue weighted by Gasteiger charge is -1.96. The molecule has 0 radical (unpaired) electrons. The maximum atomic E-state index is 11.2. The van der Waals surface area contributed by atoms with E-state index in [2.05, 4.69) is 4.98 Å². The molecule has 94 valence electrons. The van der Waals surface area contributed by atoms with Crippen LogP contribution >= 0.6 is 11.6 Å². The second kappa shape index (κ2) is 4.44. The molecular formula is C15H10ClNO2. The fraction of sp³-hybridized carbons (Fsp3) is 0. The first kappa shape index (κ1) is 11.8. The fourth-order valence-electron chi connectivity index (χ4n) is 2.13. The van der Waals surface area contributed by atoms with Gasteiger partial charge in [0.05, 0.1) is 5.56 Å². The average Bonchev–Trinajstić information content (AvgIpc) is 2.82. The van der Waals surface area contributed by atoms with E-state index in [1.807, 2.05) is 24.3 Å². The number of carboxylic acid groups (broad SMARTS) is 1. The van der Waals surface area contributed by atoms with Gasteiger partial charge in [-0.05, 0) is 35.9 Å². The van der Waals surface area contributed by atoms with E-state index in [-0.39, 0.29) is 0 Å². The summed E-state index contributed by atoms with van der Waals surface area (Å²) in [6, 6.07) is 14.4. The largest absolute Gasteiger partial charge is 0.478 e. The highest BCUT2D eigenvalue weighted by molar-refractivity contribution is 6.30.